The van der Waals surface area contributed by atoms with Crippen LogP contribution in [0.15, 0.2) is 34.4 Å². The third kappa shape index (κ3) is 4.46. The highest BCUT2D eigenvalue weighted by molar-refractivity contribution is 6.06. The zero-order valence-electron chi connectivity index (χ0n) is 16.4. The van der Waals surface area contributed by atoms with Crippen LogP contribution in [0.1, 0.15) is 67.2 Å². The molecule has 0 unspecified atom stereocenters. The van der Waals surface area contributed by atoms with Crippen molar-refractivity contribution in [2.45, 2.75) is 67.2 Å². The molecule has 0 aromatic carbocycles. The molecule has 3 nitrogen and oxygen atoms in total. The molecule has 1 saturated carbocycles. The maximum absolute atomic E-state index is 12.8. The second-order valence-electron chi connectivity index (χ2n) is 7.47. The molecule has 0 radical (unpaired) electrons. The topological polar surface area (TPSA) is 50.1 Å². The average Bonchev–Trinajstić information content (AvgIpc) is 3.30. The maximum Gasteiger partial charge on any atom is 0.213 e. The molecule has 1 fully saturated rings. The first kappa shape index (κ1) is 20.4. The Morgan fingerprint density at radius 2 is 1.79 bits per heavy atom. The molecule has 0 atom stereocenters. The third-order valence-electron chi connectivity index (χ3n) is 4.47. The van der Waals surface area contributed by atoms with Gasteiger partial charge in [-0.1, -0.05) is 39.8 Å². The largest absolute Gasteiger partial charge is 0.481 e. The normalized spacial score (nSPS) is 20.7. The van der Waals surface area contributed by atoms with Gasteiger partial charge in [-0.05, 0) is 55.6 Å². The van der Waals surface area contributed by atoms with E-state index in [4.69, 9.17) is 10.1 Å². The second-order valence-corrected chi connectivity index (χ2v) is 7.47. The summed E-state index contributed by atoms with van der Waals surface area (Å²) in [6.45, 7) is 16.2. The van der Waals surface area contributed by atoms with Gasteiger partial charge in [0.25, 0.3) is 0 Å². The van der Waals surface area contributed by atoms with Crippen molar-refractivity contribution in [1.29, 1.82) is 5.41 Å². The molecule has 0 spiro atoms. The molecule has 0 heterocycles. The minimum absolute atomic E-state index is 0.0253. The molecular formula is C21H33NO2. The maximum atomic E-state index is 12.8. The van der Waals surface area contributed by atoms with Crippen molar-refractivity contribution < 1.29 is 9.53 Å². The molecule has 0 aromatic rings. The summed E-state index contributed by atoms with van der Waals surface area (Å²) < 4.78 is 5.17. The van der Waals surface area contributed by atoms with Crippen LogP contribution in [0.3, 0.4) is 0 Å². The zero-order valence-corrected chi connectivity index (χ0v) is 16.4. The van der Waals surface area contributed by atoms with Crippen LogP contribution >= 0.6 is 0 Å². The van der Waals surface area contributed by atoms with Crippen LogP contribution in [0.2, 0.25) is 0 Å². The van der Waals surface area contributed by atoms with Crippen LogP contribution in [0.25, 0.3) is 0 Å². The molecule has 2 aliphatic rings. The zero-order chi connectivity index (χ0) is 18.7. The van der Waals surface area contributed by atoms with E-state index in [0.29, 0.717) is 12.3 Å². The van der Waals surface area contributed by atoms with Crippen molar-refractivity contribution in [3.05, 3.63) is 34.4 Å². The predicted molar refractivity (Wildman–Crippen MR) is 101 cm³/mol. The molecule has 0 saturated heterocycles. The smallest absolute Gasteiger partial charge is 0.213 e. The van der Waals surface area contributed by atoms with Crippen molar-refractivity contribution in [3.63, 3.8) is 0 Å². The molecule has 0 bridgehead atoms. The summed E-state index contributed by atoms with van der Waals surface area (Å²) >= 11 is 0. The average molecular weight is 332 g/mol. The lowest BCUT2D eigenvalue weighted by molar-refractivity contribution is -0.117. The first-order chi connectivity index (χ1) is 11.2. The van der Waals surface area contributed by atoms with Gasteiger partial charge in [0.05, 0.1) is 7.11 Å². The van der Waals surface area contributed by atoms with Crippen molar-refractivity contribution in [2.24, 2.45) is 11.3 Å². The number of ether oxygens (including phenoxy) is 1. The lowest BCUT2D eigenvalue weighted by Gasteiger charge is -2.32. The summed E-state index contributed by atoms with van der Waals surface area (Å²) in [5.41, 5.74) is 4.56. The summed E-state index contributed by atoms with van der Waals surface area (Å²) in [7, 11) is 1.50. The Balaban J connectivity index is 0.00000139. The Hall–Kier alpha value is -1.64. The number of allylic oxidation sites excluding steroid dienone is 3. The predicted octanol–water partition coefficient (Wildman–Crippen LogP) is 5.62. The number of hydrogen-bond donors (Lipinski definition) is 1. The quantitative estimate of drug-likeness (QED) is 0.412. The number of rotatable bonds is 4. The van der Waals surface area contributed by atoms with E-state index >= 15 is 0 Å². The monoisotopic (exact) mass is 331 g/mol. The number of carbonyl (C=O) groups excluding carboxylic acids is 1. The molecule has 3 heteroatoms. The summed E-state index contributed by atoms with van der Waals surface area (Å²) in [5, 5.41) is 8.13. The van der Waals surface area contributed by atoms with E-state index in [1.54, 1.807) is 0 Å². The van der Waals surface area contributed by atoms with Crippen molar-refractivity contribution in [3.8, 4) is 0 Å². The van der Waals surface area contributed by atoms with E-state index in [1.165, 1.54) is 7.11 Å². The Bertz CT molecular complexity index is 601. The minimum Gasteiger partial charge on any atom is -0.481 e. The minimum atomic E-state index is 0.0253. The summed E-state index contributed by atoms with van der Waals surface area (Å²) in [6, 6.07) is 0. The number of ketones is 1. The Kier molecular flexibility index (Phi) is 6.76. The number of methoxy groups -OCH3 is 1. The van der Waals surface area contributed by atoms with Crippen LogP contribution in [0.4, 0.5) is 0 Å². The van der Waals surface area contributed by atoms with Gasteiger partial charge < -0.3 is 4.74 Å². The van der Waals surface area contributed by atoms with E-state index in [9.17, 15) is 4.79 Å². The standard InChI is InChI=1S/C19H27NO2.C2H6/c1-11(2)15(18(20)22-6)17(13-7-8-13)16-12(3)9-19(4,5)10-14(16)21;1-2/h13,20H,1,7-10H2,2-6H3;1-2H3/b17-15+,20-18?;. The summed E-state index contributed by atoms with van der Waals surface area (Å²) in [6.07, 6.45) is 3.65. The number of hydrogen-bond acceptors (Lipinski definition) is 3. The first-order valence-corrected chi connectivity index (χ1v) is 8.94. The molecule has 2 rings (SSSR count). The van der Waals surface area contributed by atoms with Gasteiger partial charge in [-0.25, -0.2) is 0 Å². The molecule has 2 aliphatic carbocycles. The van der Waals surface area contributed by atoms with Crippen LogP contribution < -0.4 is 0 Å². The van der Waals surface area contributed by atoms with E-state index in [0.717, 1.165) is 47.1 Å². The second kappa shape index (κ2) is 7.96. The van der Waals surface area contributed by atoms with Gasteiger partial charge in [-0.15, -0.1) is 0 Å². The van der Waals surface area contributed by atoms with Crippen LogP contribution in [0.5, 0.6) is 0 Å². The summed E-state index contributed by atoms with van der Waals surface area (Å²) in [4.78, 5) is 12.8. The lowest BCUT2D eigenvalue weighted by Crippen LogP contribution is -2.27. The SMILES string of the molecule is C=C(C)/C(C(=N)OC)=C(\C1=C(C)CC(C)(C)CC1=O)C1CC1.CC. The van der Waals surface area contributed by atoms with E-state index in [2.05, 4.69) is 27.4 Å². The number of carbonyl (C=O) groups is 1. The third-order valence-corrected chi connectivity index (χ3v) is 4.47. The van der Waals surface area contributed by atoms with Crippen LogP contribution in [-0.4, -0.2) is 18.8 Å². The molecule has 0 amide bonds. The number of nitrogens with one attached hydrogen (secondary N) is 1. The molecule has 1 N–H and O–H groups in total. The Morgan fingerprint density at radius 3 is 2.17 bits per heavy atom. The molecular weight excluding hydrogens is 298 g/mol. The molecule has 0 aliphatic heterocycles. The van der Waals surface area contributed by atoms with E-state index < -0.39 is 0 Å². The van der Waals surface area contributed by atoms with Gasteiger partial charge in [-0.3, -0.25) is 10.2 Å². The fourth-order valence-electron chi connectivity index (χ4n) is 3.56. The van der Waals surface area contributed by atoms with E-state index in [1.807, 2.05) is 20.8 Å². The van der Waals surface area contributed by atoms with Crippen LogP contribution in [-0.2, 0) is 9.53 Å². The van der Waals surface area contributed by atoms with E-state index in [-0.39, 0.29) is 17.1 Å². The fourth-order valence-corrected chi connectivity index (χ4v) is 3.56. The van der Waals surface area contributed by atoms with Crippen molar-refractivity contribution >= 4 is 11.7 Å². The highest BCUT2D eigenvalue weighted by Gasteiger charge is 2.39. The van der Waals surface area contributed by atoms with Crippen molar-refractivity contribution in [1.82, 2.24) is 0 Å². The van der Waals surface area contributed by atoms with Gasteiger partial charge in [0, 0.05) is 17.6 Å². The van der Waals surface area contributed by atoms with Gasteiger partial charge in [-0.2, -0.15) is 0 Å². The highest BCUT2D eigenvalue weighted by Crippen LogP contribution is 2.48. The Morgan fingerprint density at radius 1 is 1.25 bits per heavy atom. The van der Waals surface area contributed by atoms with Gasteiger partial charge in [0.1, 0.15) is 0 Å². The molecule has 24 heavy (non-hydrogen) atoms. The fraction of sp³-hybridized carbons (Fsp3) is 0.619. The first-order valence-electron chi connectivity index (χ1n) is 8.94. The van der Waals surface area contributed by atoms with Gasteiger partial charge in [0.2, 0.25) is 5.90 Å². The highest BCUT2D eigenvalue weighted by atomic mass is 16.5. The Labute approximate surface area is 147 Å². The van der Waals surface area contributed by atoms with Gasteiger partial charge >= 0.3 is 0 Å². The van der Waals surface area contributed by atoms with Gasteiger partial charge in [0.15, 0.2) is 5.78 Å². The lowest BCUT2D eigenvalue weighted by atomic mass is 9.71. The van der Waals surface area contributed by atoms with Crippen molar-refractivity contribution in [2.75, 3.05) is 7.11 Å². The molecule has 134 valence electrons. The number of Topliss-reactive ketones (excluding diaryl/α,β-unsaturated/α-hetero) is 1. The summed E-state index contributed by atoms with van der Waals surface area (Å²) in [5.74, 6) is 0.697. The van der Waals surface area contributed by atoms with Crippen LogP contribution in [0, 0.1) is 16.7 Å². The molecule has 0 aromatic heterocycles.